The van der Waals surface area contributed by atoms with Gasteiger partial charge in [-0.3, -0.25) is 0 Å². The second kappa shape index (κ2) is 9.00. The highest BCUT2D eigenvalue weighted by molar-refractivity contribution is 5.85. The Balaban J connectivity index is 0.00000324. The van der Waals surface area contributed by atoms with Crippen LogP contribution < -0.4 is 4.74 Å². The summed E-state index contributed by atoms with van der Waals surface area (Å²) >= 11 is 0. The van der Waals surface area contributed by atoms with E-state index in [4.69, 9.17) is 4.74 Å². The van der Waals surface area contributed by atoms with E-state index in [1.54, 1.807) is 7.11 Å². The minimum atomic E-state index is 0. The van der Waals surface area contributed by atoms with Crippen LogP contribution in [0.2, 0.25) is 0 Å². The summed E-state index contributed by atoms with van der Waals surface area (Å²) in [5.41, 5.74) is 2.68. The van der Waals surface area contributed by atoms with Gasteiger partial charge in [0.15, 0.2) is 0 Å². The zero-order valence-corrected chi connectivity index (χ0v) is 13.5. The van der Waals surface area contributed by atoms with E-state index in [1.165, 1.54) is 11.1 Å². The molecule has 0 saturated carbocycles. The summed E-state index contributed by atoms with van der Waals surface area (Å²) in [5.74, 6) is 1.44. The summed E-state index contributed by atoms with van der Waals surface area (Å²) in [4.78, 5) is 2.23. The first-order valence-electron chi connectivity index (χ1n) is 6.57. The van der Waals surface area contributed by atoms with Gasteiger partial charge in [-0.25, -0.2) is 0 Å². The lowest BCUT2D eigenvalue weighted by atomic mass is 9.92. The molecule has 2 nitrogen and oxygen atoms in total. The second-order valence-corrected chi connectivity index (χ2v) is 4.96. The third-order valence-electron chi connectivity index (χ3n) is 3.00. The molecular weight excluding hydrogens is 258 g/mol. The molecule has 0 aromatic heterocycles. The lowest BCUT2D eigenvalue weighted by molar-refractivity contribution is 0.375. The third kappa shape index (κ3) is 5.66. The predicted octanol–water partition coefficient (Wildman–Crippen LogP) is 4.11. The number of hydrogen-bond acceptors (Lipinski definition) is 2. The smallest absolute Gasteiger partial charge is 0.119 e. The van der Waals surface area contributed by atoms with Crippen molar-refractivity contribution in [3.63, 3.8) is 0 Å². The minimum absolute atomic E-state index is 0. The van der Waals surface area contributed by atoms with Crippen LogP contribution in [0.5, 0.6) is 5.75 Å². The first-order valence-corrected chi connectivity index (χ1v) is 6.57. The topological polar surface area (TPSA) is 12.5 Å². The van der Waals surface area contributed by atoms with Gasteiger partial charge in [-0.2, -0.15) is 0 Å². The van der Waals surface area contributed by atoms with Gasteiger partial charge in [0.1, 0.15) is 5.75 Å². The summed E-state index contributed by atoms with van der Waals surface area (Å²) in [6.45, 7) is 5.52. The molecule has 1 aromatic carbocycles. The fourth-order valence-electron chi connectivity index (χ4n) is 2.27. The SMILES string of the molecule is CCC=C(c1cccc(OC)c1)C(C)CN(C)C.Cl. The highest BCUT2D eigenvalue weighted by Crippen LogP contribution is 2.27. The molecule has 0 spiro atoms. The van der Waals surface area contributed by atoms with Crippen molar-refractivity contribution >= 4 is 18.0 Å². The van der Waals surface area contributed by atoms with Crippen molar-refractivity contribution in [2.45, 2.75) is 20.3 Å². The predicted molar refractivity (Wildman–Crippen MR) is 86.2 cm³/mol. The molecule has 0 saturated heterocycles. The van der Waals surface area contributed by atoms with Gasteiger partial charge in [0.25, 0.3) is 0 Å². The molecule has 0 aliphatic heterocycles. The highest BCUT2D eigenvalue weighted by Gasteiger charge is 2.12. The van der Waals surface area contributed by atoms with Gasteiger partial charge in [-0.1, -0.05) is 32.1 Å². The number of hydrogen-bond donors (Lipinski definition) is 0. The van der Waals surface area contributed by atoms with Gasteiger partial charge in [-0.15, -0.1) is 12.4 Å². The molecular formula is C16H26ClNO. The van der Waals surface area contributed by atoms with E-state index in [0.717, 1.165) is 18.7 Å². The minimum Gasteiger partial charge on any atom is -0.497 e. The normalized spacial score (nSPS) is 13.1. The Morgan fingerprint density at radius 1 is 1.37 bits per heavy atom. The Labute approximate surface area is 123 Å². The first kappa shape index (κ1) is 18.0. The van der Waals surface area contributed by atoms with E-state index < -0.39 is 0 Å². The molecule has 0 N–H and O–H groups in total. The van der Waals surface area contributed by atoms with E-state index in [9.17, 15) is 0 Å². The average Bonchev–Trinajstić information content (AvgIpc) is 2.35. The summed E-state index contributed by atoms with van der Waals surface area (Å²) in [5, 5.41) is 0. The lowest BCUT2D eigenvalue weighted by Crippen LogP contribution is -2.20. The Morgan fingerprint density at radius 2 is 2.05 bits per heavy atom. The summed E-state index contributed by atoms with van der Waals surface area (Å²) in [6.07, 6.45) is 3.38. The molecule has 1 aromatic rings. The second-order valence-electron chi connectivity index (χ2n) is 4.96. The molecule has 0 amide bonds. The Bertz CT molecular complexity index is 401. The van der Waals surface area contributed by atoms with E-state index in [-0.39, 0.29) is 12.4 Å². The molecule has 108 valence electrons. The van der Waals surface area contributed by atoms with Crippen LogP contribution in [0, 0.1) is 5.92 Å². The maximum absolute atomic E-state index is 5.31. The molecule has 1 rings (SSSR count). The zero-order valence-electron chi connectivity index (χ0n) is 12.6. The highest BCUT2D eigenvalue weighted by atomic mass is 35.5. The van der Waals surface area contributed by atoms with Gasteiger partial charge >= 0.3 is 0 Å². The monoisotopic (exact) mass is 283 g/mol. The van der Waals surface area contributed by atoms with E-state index in [0.29, 0.717) is 5.92 Å². The molecule has 1 atom stereocenters. The lowest BCUT2D eigenvalue weighted by Gasteiger charge is -2.21. The van der Waals surface area contributed by atoms with Crippen LogP contribution in [0.3, 0.4) is 0 Å². The maximum Gasteiger partial charge on any atom is 0.119 e. The van der Waals surface area contributed by atoms with E-state index in [1.807, 2.05) is 6.07 Å². The number of halogens is 1. The van der Waals surface area contributed by atoms with Gasteiger partial charge in [0.2, 0.25) is 0 Å². The van der Waals surface area contributed by atoms with Crippen LogP contribution in [-0.2, 0) is 0 Å². The average molecular weight is 284 g/mol. The quantitative estimate of drug-likeness (QED) is 0.779. The molecule has 0 aliphatic rings. The van der Waals surface area contributed by atoms with Crippen molar-refractivity contribution in [1.29, 1.82) is 0 Å². The number of methoxy groups -OCH3 is 1. The van der Waals surface area contributed by atoms with Gasteiger partial charge in [-0.05, 0) is 49.7 Å². The molecule has 1 unspecified atom stereocenters. The standard InChI is InChI=1S/C16H25NO.ClH/c1-6-8-16(13(2)12-17(3)4)14-9-7-10-15(11-14)18-5;/h7-11,13H,6,12H2,1-5H3;1H. The Kier molecular flexibility index (Phi) is 8.53. The van der Waals surface area contributed by atoms with Crippen molar-refractivity contribution < 1.29 is 4.74 Å². The molecule has 19 heavy (non-hydrogen) atoms. The third-order valence-corrected chi connectivity index (χ3v) is 3.00. The Hall–Kier alpha value is -0.990. The molecule has 3 heteroatoms. The molecule has 0 radical (unpaired) electrons. The van der Waals surface area contributed by atoms with Gasteiger partial charge < -0.3 is 9.64 Å². The van der Waals surface area contributed by atoms with Gasteiger partial charge in [0.05, 0.1) is 7.11 Å². The fraction of sp³-hybridized carbons (Fsp3) is 0.500. The first-order chi connectivity index (χ1) is 8.58. The van der Waals surface area contributed by atoms with E-state index in [2.05, 4.69) is 57.1 Å². The van der Waals surface area contributed by atoms with Crippen LogP contribution in [0.25, 0.3) is 5.57 Å². The maximum atomic E-state index is 5.31. The number of ether oxygens (including phenoxy) is 1. The van der Waals surface area contributed by atoms with Crippen molar-refractivity contribution in [1.82, 2.24) is 4.90 Å². The van der Waals surface area contributed by atoms with Crippen LogP contribution in [0.1, 0.15) is 25.8 Å². The fourth-order valence-corrected chi connectivity index (χ4v) is 2.27. The number of nitrogens with zero attached hydrogens (tertiary/aromatic N) is 1. The largest absolute Gasteiger partial charge is 0.497 e. The summed E-state index contributed by atoms with van der Waals surface area (Å²) in [6, 6.07) is 8.33. The van der Waals surface area contributed by atoms with Crippen LogP contribution >= 0.6 is 12.4 Å². The number of allylic oxidation sites excluding steroid dienone is 1. The molecule has 0 aliphatic carbocycles. The van der Waals surface area contributed by atoms with Gasteiger partial charge in [0, 0.05) is 6.54 Å². The number of rotatable bonds is 6. The van der Waals surface area contributed by atoms with Crippen LogP contribution in [0.4, 0.5) is 0 Å². The van der Waals surface area contributed by atoms with Crippen molar-refractivity contribution in [2.24, 2.45) is 5.92 Å². The summed E-state index contributed by atoms with van der Waals surface area (Å²) in [7, 11) is 5.95. The molecule has 0 heterocycles. The van der Waals surface area contributed by atoms with Crippen molar-refractivity contribution in [3.8, 4) is 5.75 Å². The van der Waals surface area contributed by atoms with Crippen molar-refractivity contribution in [2.75, 3.05) is 27.7 Å². The summed E-state index contributed by atoms with van der Waals surface area (Å²) < 4.78 is 5.31. The molecule has 0 fully saturated rings. The zero-order chi connectivity index (χ0) is 13.5. The Morgan fingerprint density at radius 3 is 2.58 bits per heavy atom. The molecule has 0 bridgehead atoms. The van der Waals surface area contributed by atoms with Crippen LogP contribution in [0.15, 0.2) is 30.3 Å². The number of benzene rings is 1. The van der Waals surface area contributed by atoms with Crippen LogP contribution in [-0.4, -0.2) is 32.6 Å². The van der Waals surface area contributed by atoms with Crippen molar-refractivity contribution in [3.05, 3.63) is 35.9 Å². The van der Waals surface area contributed by atoms with E-state index >= 15 is 0 Å².